The Bertz CT molecular complexity index is 388. The largest absolute Gasteiger partial charge is 0.294 e. The summed E-state index contributed by atoms with van der Waals surface area (Å²) in [6.45, 7) is 0. The minimum Gasteiger partial charge on any atom is -0.294 e. The molecule has 3 rings (SSSR count). The topological polar surface area (TPSA) is 34.9 Å². The van der Waals surface area contributed by atoms with E-state index in [-0.39, 0.29) is 0 Å². The second kappa shape index (κ2) is 2.22. The predicted molar refractivity (Wildman–Crippen MR) is 47.8 cm³/mol. The van der Waals surface area contributed by atoms with Crippen LogP contribution in [0.2, 0.25) is 0 Å². The second-order valence-corrected chi connectivity index (χ2v) is 4.03. The summed E-state index contributed by atoms with van der Waals surface area (Å²) < 4.78 is 1.90. The van der Waals surface area contributed by atoms with Crippen molar-refractivity contribution in [1.82, 2.24) is 9.78 Å². The minimum absolute atomic E-state index is 0.310. The molecule has 0 bridgehead atoms. The van der Waals surface area contributed by atoms with Gasteiger partial charge in [0.1, 0.15) is 0 Å². The van der Waals surface area contributed by atoms with E-state index in [4.69, 9.17) is 0 Å². The van der Waals surface area contributed by atoms with Gasteiger partial charge >= 0.3 is 0 Å². The maximum Gasteiger partial charge on any atom is 0.166 e. The molecule has 0 spiro atoms. The Morgan fingerprint density at radius 3 is 2.85 bits per heavy atom. The van der Waals surface area contributed by atoms with Crippen LogP contribution in [0, 0.1) is 0 Å². The van der Waals surface area contributed by atoms with E-state index in [0.29, 0.717) is 18.1 Å². The zero-order valence-electron chi connectivity index (χ0n) is 7.71. The van der Waals surface area contributed by atoms with Crippen molar-refractivity contribution in [2.24, 2.45) is 7.05 Å². The van der Waals surface area contributed by atoms with E-state index in [0.717, 1.165) is 23.4 Å². The van der Waals surface area contributed by atoms with Gasteiger partial charge in [0.15, 0.2) is 5.78 Å². The highest BCUT2D eigenvalue weighted by Gasteiger charge is 2.36. The number of Topliss-reactive ketones (excluding diaryl/α,β-unsaturated/α-hetero) is 1. The Hall–Kier alpha value is -1.12. The molecule has 0 aromatic carbocycles. The summed E-state index contributed by atoms with van der Waals surface area (Å²) in [5.41, 5.74) is 3.21. The Balaban J connectivity index is 2.20. The summed E-state index contributed by atoms with van der Waals surface area (Å²) >= 11 is 0. The standard InChI is InChI=1S/C10H12N2O/c1-12-7-4-5-8(13)9(7)10(11-12)6-2-3-6/h6H,2-5H2,1H3. The third-order valence-electron chi connectivity index (χ3n) is 3.02. The molecule has 1 fully saturated rings. The second-order valence-electron chi connectivity index (χ2n) is 4.03. The van der Waals surface area contributed by atoms with Gasteiger partial charge < -0.3 is 0 Å². The number of aryl methyl sites for hydroxylation is 1. The average molecular weight is 176 g/mol. The van der Waals surface area contributed by atoms with Crippen LogP contribution in [-0.2, 0) is 13.5 Å². The molecule has 1 aromatic heterocycles. The van der Waals surface area contributed by atoms with Crippen molar-refractivity contribution in [2.75, 3.05) is 0 Å². The summed E-state index contributed by atoms with van der Waals surface area (Å²) in [4.78, 5) is 11.6. The molecule has 0 unspecified atom stereocenters. The Morgan fingerprint density at radius 1 is 1.38 bits per heavy atom. The quantitative estimate of drug-likeness (QED) is 0.648. The fourth-order valence-corrected chi connectivity index (χ4v) is 2.17. The molecule has 68 valence electrons. The number of hydrogen-bond donors (Lipinski definition) is 0. The Labute approximate surface area is 76.7 Å². The van der Waals surface area contributed by atoms with Crippen LogP contribution in [0.15, 0.2) is 0 Å². The monoisotopic (exact) mass is 176 g/mol. The number of carbonyl (C=O) groups is 1. The number of hydrogen-bond acceptors (Lipinski definition) is 2. The van der Waals surface area contributed by atoms with Crippen LogP contribution >= 0.6 is 0 Å². The van der Waals surface area contributed by atoms with Crippen molar-refractivity contribution < 1.29 is 4.79 Å². The summed E-state index contributed by atoms with van der Waals surface area (Å²) in [5, 5.41) is 4.44. The first-order chi connectivity index (χ1) is 6.27. The molecule has 0 N–H and O–H groups in total. The minimum atomic E-state index is 0.310. The molecule has 3 heteroatoms. The fourth-order valence-electron chi connectivity index (χ4n) is 2.17. The maximum atomic E-state index is 11.6. The van der Waals surface area contributed by atoms with Gasteiger partial charge in [-0.25, -0.2) is 0 Å². The summed E-state index contributed by atoms with van der Waals surface area (Å²) in [6.07, 6.45) is 4.03. The third kappa shape index (κ3) is 0.900. The lowest BCUT2D eigenvalue weighted by Crippen LogP contribution is -1.97. The van der Waals surface area contributed by atoms with E-state index < -0.39 is 0 Å². The van der Waals surface area contributed by atoms with Crippen molar-refractivity contribution in [2.45, 2.75) is 31.6 Å². The van der Waals surface area contributed by atoms with E-state index in [1.54, 1.807) is 0 Å². The first-order valence-electron chi connectivity index (χ1n) is 4.86. The molecule has 0 atom stereocenters. The zero-order valence-corrected chi connectivity index (χ0v) is 7.71. The highest BCUT2D eigenvalue weighted by molar-refractivity contribution is 6.01. The van der Waals surface area contributed by atoms with Gasteiger partial charge in [0, 0.05) is 25.1 Å². The third-order valence-corrected chi connectivity index (χ3v) is 3.02. The average Bonchev–Trinajstić information content (AvgIpc) is 2.79. The molecule has 2 aliphatic rings. The fraction of sp³-hybridized carbons (Fsp3) is 0.600. The number of fused-ring (bicyclic) bond motifs is 1. The zero-order chi connectivity index (χ0) is 9.00. The molecule has 2 aliphatic carbocycles. The molecule has 1 aromatic rings. The number of ketones is 1. The lowest BCUT2D eigenvalue weighted by molar-refractivity contribution is 0.0993. The van der Waals surface area contributed by atoms with Gasteiger partial charge in [0.2, 0.25) is 0 Å². The molecule has 0 aliphatic heterocycles. The van der Waals surface area contributed by atoms with Gasteiger partial charge in [0.25, 0.3) is 0 Å². The van der Waals surface area contributed by atoms with Crippen molar-refractivity contribution in [3.63, 3.8) is 0 Å². The van der Waals surface area contributed by atoms with E-state index in [2.05, 4.69) is 5.10 Å². The molecule has 0 saturated heterocycles. The number of nitrogens with zero attached hydrogens (tertiary/aromatic N) is 2. The molecular formula is C10H12N2O. The number of carbonyl (C=O) groups excluding carboxylic acids is 1. The molecule has 3 nitrogen and oxygen atoms in total. The van der Waals surface area contributed by atoms with Crippen LogP contribution in [-0.4, -0.2) is 15.6 Å². The normalized spacial score (nSPS) is 20.8. The van der Waals surface area contributed by atoms with Crippen LogP contribution in [0.25, 0.3) is 0 Å². The summed E-state index contributed by atoms with van der Waals surface area (Å²) in [5.74, 6) is 0.905. The molecule has 0 radical (unpaired) electrons. The van der Waals surface area contributed by atoms with Crippen molar-refractivity contribution in [3.8, 4) is 0 Å². The van der Waals surface area contributed by atoms with Gasteiger partial charge in [-0.05, 0) is 19.3 Å². The first kappa shape index (κ1) is 7.30. The number of rotatable bonds is 1. The van der Waals surface area contributed by atoms with Crippen LogP contribution in [0.3, 0.4) is 0 Å². The highest BCUT2D eigenvalue weighted by atomic mass is 16.1. The van der Waals surface area contributed by atoms with E-state index in [1.807, 2.05) is 11.7 Å². The Kier molecular flexibility index (Phi) is 1.25. The van der Waals surface area contributed by atoms with Gasteiger partial charge in [0.05, 0.1) is 11.3 Å². The molecule has 13 heavy (non-hydrogen) atoms. The summed E-state index contributed by atoms with van der Waals surface area (Å²) in [7, 11) is 1.95. The van der Waals surface area contributed by atoms with Crippen molar-refractivity contribution in [3.05, 3.63) is 17.0 Å². The van der Waals surface area contributed by atoms with E-state index in [9.17, 15) is 4.79 Å². The van der Waals surface area contributed by atoms with E-state index in [1.165, 1.54) is 12.8 Å². The van der Waals surface area contributed by atoms with E-state index >= 15 is 0 Å². The van der Waals surface area contributed by atoms with Crippen LogP contribution in [0.4, 0.5) is 0 Å². The molecule has 0 amide bonds. The highest BCUT2D eigenvalue weighted by Crippen LogP contribution is 2.43. The lowest BCUT2D eigenvalue weighted by atomic mass is 10.1. The maximum absolute atomic E-state index is 11.6. The van der Waals surface area contributed by atoms with Crippen LogP contribution < -0.4 is 0 Å². The lowest BCUT2D eigenvalue weighted by Gasteiger charge is -1.93. The first-order valence-corrected chi connectivity index (χ1v) is 4.86. The SMILES string of the molecule is Cn1nc(C2CC2)c2c1CCC2=O. The van der Waals surface area contributed by atoms with Gasteiger partial charge in [-0.2, -0.15) is 5.10 Å². The van der Waals surface area contributed by atoms with Crippen LogP contribution in [0.1, 0.15) is 46.9 Å². The van der Waals surface area contributed by atoms with Gasteiger partial charge in [-0.1, -0.05) is 0 Å². The van der Waals surface area contributed by atoms with Crippen molar-refractivity contribution >= 4 is 5.78 Å². The number of aromatic nitrogens is 2. The predicted octanol–water partition coefficient (Wildman–Crippen LogP) is 1.43. The Morgan fingerprint density at radius 2 is 2.15 bits per heavy atom. The molecular weight excluding hydrogens is 164 g/mol. The van der Waals surface area contributed by atoms with Gasteiger partial charge in [-0.15, -0.1) is 0 Å². The molecule has 1 heterocycles. The molecule has 1 saturated carbocycles. The smallest absolute Gasteiger partial charge is 0.166 e. The van der Waals surface area contributed by atoms with Crippen LogP contribution in [0.5, 0.6) is 0 Å². The van der Waals surface area contributed by atoms with Crippen molar-refractivity contribution in [1.29, 1.82) is 0 Å². The summed E-state index contributed by atoms with van der Waals surface area (Å²) in [6, 6.07) is 0. The van der Waals surface area contributed by atoms with Gasteiger partial charge in [-0.3, -0.25) is 9.48 Å².